The third kappa shape index (κ3) is 2.41. The largest absolute Gasteiger partial charge is 0.460 e. The highest BCUT2D eigenvalue weighted by Crippen LogP contribution is 2.61. The van der Waals surface area contributed by atoms with Crippen molar-refractivity contribution in [2.75, 3.05) is 0 Å². The molecule has 1 aromatic heterocycles. The molecule has 0 aliphatic carbocycles. The van der Waals surface area contributed by atoms with Crippen LogP contribution in [0.3, 0.4) is 0 Å². The number of hydrogen-bond acceptors (Lipinski definition) is 0. The van der Waals surface area contributed by atoms with Crippen molar-refractivity contribution in [2.45, 2.75) is 35.9 Å². The molecule has 24 heavy (non-hydrogen) atoms. The molecule has 0 aromatic carbocycles. The zero-order valence-electron chi connectivity index (χ0n) is 10.7. The second kappa shape index (κ2) is 5.18. The predicted molar refractivity (Wildman–Crippen MR) is 50.5 cm³/mol. The van der Waals surface area contributed by atoms with Gasteiger partial charge in [-0.25, -0.2) is 0 Å². The normalized spacial score (nSPS) is 15.7. The van der Waals surface area contributed by atoms with Crippen LogP contribution >= 0.6 is 0 Å². The minimum atomic E-state index is -7.88. The van der Waals surface area contributed by atoms with Gasteiger partial charge in [-0.3, -0.25) is 4.57 Å². The van der Waals surface area contributed by atoms with E-state index in [1.54, 1.807) is 0 Å². The molecule has 0 spiro atoms. The van der Waals surface area contributed by atoms with Gasteiger partial charge in [0.25, 0.3) is 0 Å². The van der Waals surface area contributed by atoms with Crippen molar-refractivity contribution in [3.63, 3.8) is 0 Å². The third-order valence-electron chi connectivity index (χ3n) is 2.85. The molecule has 0 aliphatic heterocycles. The van der Waals surface area contributed by atoms with Gasteiger partial charge in [-0.15, -0.1) is 0 Å². The molecular formula is C10H4F13N. The molecule has 0 amide bonds. The Labute approximate surface area is 123 Å². The molecule has 0 radical (unpaired) electrons. The first-order chi connectivity index (χ1) is 10.4. The van der Waals surface area contributed by atoms with Gasteiger partial charge < -0.3 is 0 Å². The molecule has 1 aromatic rings. The van der Waals surface area contributed by atoms with Gasteiger partial charge in [-0.05, 0) is 12.1 Å². The fraction of sp³-hybridized carbons (Fsp3) is 0.600. The minimum Gasteiger partial charge on any atom is -0.290 e. The summed E-state index contributed by atoms with van der Waals surface area (Å²) < 4.78 is 165. The van der Waals surface area contributed by atoms with Crippen molar-refractivity contribution in [3.05, 3.63) is 24.5 Å². The predicted octanol–water partition coefficient (Wildman–Crippen LogP) is 5.14. The molecule has 1 rings (SSSR count). The highest BCUT2D eigenvalue weighted by Gasteiger charge is 2.91. The van der Waals surface area contributed by atoms with Gasteiger partial charge >= 0.3 is 35.9 Å². The van der Waals surface area contributed by atoms with E-state index >= 15 is 0 Å². The van der Waals surface area contributed by atoms with E-state index in [0.717, 1.165) is 0 Å². The zero-order valence-corrected chi connectivity index (χ0v) is 10.7. The molecule has 0 fully saturated rings. The summed E-state index contributed by atoms with van der Waals surface area (Å²) in [4.78, 5) is 0. The van der Waals surface area contributed by atoms with Crippen LogP contribution in [0.25, 0.3) is 0 Å². The Kier molecular flexibility index (Phi) is 4.41. The summed E-state index contributed by atoms with van der Waals surface area (Å²) in [6, 6.07) is -5.12. The molecule has 14 heteroatoms. The molecular weight excluding hydrogens is 381 g/mol. The first-order valence-corrected chi connectivity index (χ1v) is 5.45. The Morgan fingerprint density at radius 3 is 1.12 bits per heavy atom. The average molecular weight is 385 g/mol. The van der Waals surface area contributed by atoms with Crippen LogP contribution in [-0.2, 0) is 6.05 Å². The molecule has 140 valence electrons. The van der Waals surface area contributed by atoms with Gasteiger partial charge in [-0.2, -0.15) is 57.1 Å². The Morgan fingerprint density at radius 2 is 0.792 bits per heavy atom. The van der Waals surface area contributed by atoms with Gasteiger partial charge in [0.15, 0.2) is 0 Å². The maximum absolute atomic E-state index is 13.4. The van der Waals surface area contributed by atoms with Gasteiger partial charge in [0.05, 0.1) is 0 Å². The van der Waals surface area contributed by atoms with Crippen LogP contribution in [0.5, 0.6) is 0 Å². The standard InChI is InChI=1S/C10H4F13N/c11-5(12,7(15,16)9(19,20)21)6(13,14)8(17,18)10(22,23)24-3-1-2-4-24/h1-4H. The summed E-state index contributed by atoms with van der Waals surface area (Å²) in [6.07, 6.45) is -7.42. The molecule has 0 bridgehead atoms. The van der Waals surface area contributed by atoms with E-state index in [0.29, 0.717) is 12.1 Å². The van der Waals surface area contributed by atoms with E-state index in [-0.39, 0.29) is 12.4 Å². The Bertz CT molecular complexity index is 568. The molecule has 0 saturated heterocycles. The second-order valence-electron chi connectivity index (χ2n) is 4.43. The highest BCUT2D eigenvalue weighted by molar-refractivity contribution is 5.10. The molecule has 0 aliphatic rings. The smallest absolute Gasteiger partial charge is 0.290 e. The van der Waals surface area contributed by atoms with E-state index in [1.807, 2.05) is 0 Å². The molecule has 0 unspecified atom stereocenters. The number of alkyl halides is 13. The summed E-state index contributed by atoms with van der Waals surface area (Å²) in [5, 5.41) is 0. The Hall–Kier alpha value is -1.63. The molecule has 0 N–H and O–H groups in total. The second-order valence-corrected chi connectivity index (χ2v) is 4.43. The monoisotopic (exact) mass is 385 g/mol. The lowest BCUT2D eigenvalue weighted by atomic mass is 9.96. The van der Waals surface area contributed by atoms with E-state index in [1.165, 1.54) is 0 Å². The summed E-state index contributed by atoms with van der Waals surface area (Å²) >= 11 is 0. The lowest BCUT2D eigenvalue weighted by Crippen LogP contribution is -2.70. The summed E-state index contributed by atoms with van der Waals surface area (Å²) in [5.74, 6) is -30.7. The Morgan fingerprint density at radius 1 is 0.458 bits per heavy atom. The van der Waals surface area contributed by atoms with Crippen molar-refractivity contribution in [1.29, 1.82) is 0 Å². The van der Waals surface area contributed by atoms with Crippen molar-refractivity contribution < 1.29 is 57.1 Å². The van der Waals surface area contributed by atoms with Crippen LogP contribution in [0.15, 0.2) is 24.5 Å². The van der Waals surface area contributed by atoms with Crippen molar-refractivity contribution in [3.8, 4) is 0 Å². The number of hydrogen-bond donors (Lipinski definition) is 0. The Balaban J connectivity index is 3.51. The van der Waals surface area contributed by atoms with Crippen LogP contribution in [0.2, 0.25) is 0 Å². The molecule has 0 atom stereocenters. The van der Waals surface area contributed by atoms with Gasteiger partial charge in [0, 0.05) is 12.4 Å². The molecule has 1 heterocycles. The van der Waals surface area contributed by atoms with E-state index in [9.17, 15) is 57.1 Å². The molecule has 1 nitrogen and oxygen atoms in total. The lowest BCUT2D eigenvalue weighted by molar-refractivity contribution is -0.448. The van der Waals surface area contributed by atoms with E-state index in [4.69, 9.17) is 0 Å². The van der Waals surface area contributed by atoms with Crippen LogP contribution < -0.4 is 0 Å². The van der Waals surface area contributed by atoms with Gasteiger partial charge in [0.2, 0.25) is 0 Å². The quantitative estimate of drug-likeness (QED) is 0.619. The summed E-state index contributed by atoms with van der Waals surface area (Å²) in [6.45, 7) is 0. The minimum absolute atomic E-state index is 0.00989. The van der Waals surface area contributed by atoms with Crippen LogP contribution in [0, 0.1) is 0 Å². The van der Waals surface area contributed by atoms with Gasteiger partial charge in [0.1, 0.15) is 0 Å². The summed E-state index contributed by atoms with van der Waals surface area (Å²) in [5.41, 5.74) is 0. The SMILES string of the molecule is FC(F)(F)C(F)(F)C(F)(F)C(F)(F)C(F)(F)C(F)(F)n1cccc1. The number of aromatic nitrogens is 1. The number of rotatable bonds is 5. The molecule has 0 saturated carbocycles. The number of nitrogens with zero attached hydrogens (tertiary/aromatic N) is 1. The fourth-order valence-corrected chi connectivity index (χ4v) is 1.45. The fourth-order valence-electron chi connectivity index (χ4n) is 1.45. The van der Waals surface area contributed by atoms with Crippen LogP contribution in [0.4, 0.5) is 57.1 Å². The lowest BCUT2D eigenvalue weighted by Gasteiger charge is -2.39. The average Bonchev–Trinajstić information content (AvgIpc) is 2.90. The maximum Gasteiger partial charge on any atom is 0.460 e. The van der Waals surface area contributed by atoms with Crippen molar-refractivity contribution in [1.82, 2.24) is 4.57 Å². The highest BCUT2D eigenvalue weighted by atomic mass is 19.4. The van der Waals surface area contributed by atoms with Crippen molar-refractivity contribution in [2.24, 2.45) is 0 Å². The van der Waals surface area contributed by atoms with Crippen molar-refractivity contribution >= 4 is 0 Å². The first kappa shape index (κ1) is 20.4. The zero-order chi connectivity index (χ0) is 19.4. The van der Waals surface area contributed by atoms with E-state index < -0.39 is 40.5 Å². The number of halogens is 13. The topological polar surface area (TPSA) is 4.93 Å². The third-order valence-corrected chi connectivity index (χ3v) is 2.85. The maximum atomic E-state index is 13.4. The first-order valence-electron chi connectivity index (χ1n) is 5.45. The van der Waals surface area contributed by atoms with Crippen LogP contribution in [-0.4, -0.2) is 34.4 Å². The summed E-state index contributed by atoms with van der Waals surface area (Å²) in [7, 11) is 0. The van der Waals surface area contributed by atoms with Crippen LogP contribution in [0.1, 0.15) is 0 Å². The van der Waals surface area contributed by atoms with Gasteiger partial charge in [-0.1, -0.05) is 0 Å². The van der Waals surface area contributed by atoms with E-state index in [2.05, 4.69) is 0 Å².